The van der Waals surface area contributed by atoms with Crippen molar-refractivity contribution in [3.8, 4) is 0 Å². The van der Waals surface area contributed by atoms with Gasteiger partial charge in [-0.05, 0) is 43.5 Å². The first-order valence-corrected chi connectivity index (χ1v) is 9.82. The van der Waals surface area contributed by atoms with Gasteiger partial charge >= 0.3 is 0 Å². The van der Waals surface area contributed by atoms with Crippen LogP contribution < -0.4 is 10.2 Å². The number of aromatic nitrogens is 1. The molecule has 4 rings (SSSR count). The van der Waals surface area contributed by atoms with Crippen LogP contribution in [-0.4, -0.2) is 24.0 Å². The molecule has 0 saturated carbocycles. The van der Waals surface area contributed by atoms with E-state index in [1.807, 2.05) is 74.5 Å². The van der Waals surface area contributed by atoms with E-state index in [2.05, 4.69) is 10.2 Å². The fraction of sp³-hybridized carbons (Fsp3) is 0.304. The lowest BCUT2D eigenvalue weighted by molar-refractivity contribution is 0.102. The van der Waals surface area contributed by atoms with Gasteiger partial charge in [-0.3, -0.25) is 4.79 Å². The number of piperidine rings is 1. The number of carbonyl (C=O) groups is 1. The maximum Gasteiger partial charge on any atom is 0.256 e. The number of para-hydroxylation sites is 2. The molecule has 1 N–H and O–H groups in total. The lowest BCUT2D eigenvalue weighted by Gasteiger charge is -2.28. The Balaban J connectivity index is 0.00000102. The number of anilines is 2. The second-order valence-electron chi connectivity index (χ2n) is 6.41. The smallest absolute Gasteiger partial charge is 0.256 e. The van der Waals surface area contributed by atoms with E-state index in [0.717, 1.165) is 35.5 Å². The number of nitrogens with one attached hydrogen (secondary N) is 1. The van der Waals surface area contributed by atoms with Gasteiger partial charge < -0.3 is 10.2 Å². The number of rotatable bonds is 3. The normalized spacial score (nSPS) is 13.6. The van der Waals surface area contributed by atoms with Crippen LogP contribution in [0, 0.1) is 0 Å². The van der Waals surface area contributed by atoms with Crippen molar-refractivity contribution in [1.82, 2.24) is 4.98 Å². The van der Waals surface area contributed by atoms with Gasteiger partial charge in [-0.2, -0.15) is 0 Å². The Morgan fingerprint density at radius 1 is 0.926 bits per heavy atom. The van der Waals surface area contributed by atoms with E-state index in [1.54, 1.807) is 0 Å². The number of hydrogen-bond donors (Lipinski definition) is 1. The number of carbonyl (C=O) groups excluding carboxylic acids is 1. The summed E-state index contributed by atoms with van der Waals surface area (Å²) in [6, 6.07) is 19.3. The molecule has 1 aliphatic rings. The number of amides is 1. The second-order valence-corrected chi connectivity index (χ2v) is 6.41. The van der Waals surface area contributed by atoms with Gasteiger partial charge in [0.25, 0.3) is 5.91 Å². The van der Waals surface area contributed by atoms with Crippen LogP contribution in [0.2, 0.25) is 0 Å². The van der Waals surface area contributed by atoms with E-state index in [4.69, 9.17) is 4.98 Å². The first kappa shape index (κ1) is 18.9. The molecule has 1 aromatic heterocycles. The third kappa shape index (κ3) is 4.45. The molecule has 0 spiro atoms. The lowest BCUT2D eigenvalue weighted by Crippen LogP contribution is -2.30. The van der Waals surface area contributed by atoms with Crippen molar-refractivity contribution >= 4 is 28.3 Å². The summed E-state index contributed by atoms with van der Waals surface area (Å²) in [7, 11) is 0. The van der Waals surface area contributed by atoms with E-state index in [1.165, 1.54) is 19.3 Å². The van der Waals surface area contributed by atoms with E-state index < -0.39 is 0 Å². The Bertz CT molecular complexity index is 887. The van der Waals surface area contributed by atoms with Gasteiger partial charge in [-0.25, -0.2) is 4.98 Å². The summed E-state index contributed by atoms with van der Waals surface area (Å²) >= 11 is 0. The fourth-order valence-electron chi connectivity index (χ4n) is 3.35. The summed E-state index contributed by atoms with van der Waals surface area (Å²) in [5.74, 6) is 0.805. The molecule has 0 aliphatic carbocycles. The molecule has 1 amide bonds. The first-order valence-electron chi connectivity index (χ1n) is 9.82. The molecule has 0 bridgehead atoms. The molecule has 0 radical (unpaired) electrons. The maximum atomic E-state index is 12.9. The Kier molecular flexibility index (Phi) is 6.42. The van der Waals surface area contributed by atoms with Crippen molar-refractivity contribution in [2.24, 2.45) is 0 Å². The van der Waals surface area contributed by atoms with Crippen LogP contribution in [0.25, 0.3) is 10.9 Å². The van der Waals surface area contributed by atoms with Crippen molar-refractivity contribution < 1.29 is 4.79 Å². The summed E-state index contributed by atoms with van der Waals surface area (Å²) < 4.78 is 0. The largest absolute Gasteiger partial charge is 0.357 e. The van der Waals surface area contributed by atoms with E-state index in [0.29, 0.717) is 5.56 Å². The Labute approximate surface area is 161 Å². The van der Waals surface area contributed by atoms with Gasteiger partial charge in [0.15, 0.2) is 0 Å². The molecule has 1 saturated heterocycles. The van der Waals surface area contributed by atoms with Gasteiger partial charge in [0.05, 0.1) is 11.1 Å². The molecule has 2 heterocycles. The lowest BCUT2D eigenvalue weighted by atomic mass is 10.1. The molecule has 3 aromatic rings. The average molecular weight is 361 g/mol. The maximum absolute atomic E-state index is 12.9. The van der Waals surface area contributed by atoms with E-state index >= 15 is 0 Å². The van der Waals surface area contributed by atoms with Crippen molar-refractivity contribution in [2.45, 2.75) is 33.1 Å². The minimum atomic E-state index is -0.0944. The number of nitrogens with zero attached hydrogens (tertiary/aromatic N) is 2. The summed E-state index contributed by atoms with van der Waals surface area (Å²) in [4.78, 5) is 20.0. The molecular weight excluding hydrogens is 334 g/mol. The Morgan fingerprint density at radius 3 is 2.33 bits per heavy atom. The van der Waals surface area contributed by atoms with Gasteiger partial charge in [-0.1, -0.05) is 50.2 Å². The van der Waals surface area contributed by atoms with Gasteiger partial charge in [-0.15, -0.1) is 0 Å². The molecule has 2 aromatic carbocycles. The zero-order valence-electron chi connectivity index (χ0n) is 16.1. The predicted molar refractivity (Wildman–Crippen MR) is 114 cm³/mol. The molecule has 0 atom stereocenters. The van der Waals surface area contributed by atoms with Crippen LogP contribution in [0.5, 0.6) is 0 Å². The van der Waals surface area contributed by atoms with Crippen LogP contribution in [0.15, 0.2) is 60.7 Å². The van der Waals surface area contributed by atoms with Crippen molar-refractivity contribution in [2.75, 3.05) is 23.3 Å². The van der Waals surface area contributed by atoms with E-state index in [9.17, 15) is 4.79 Å². The van der Waals surface area contributed by atoms with Gasteiger partial charge in [0.1, 0.15) is 5.82 Å². The van der Waals surface area contributed by atoms with Crippen molar-refractivity contribution in [3.05, 3.63) is 66.2 Å². The molecule has 0 unspecified atom stereocenters. The number of pyridine rings is 1. The number of fused-ring (bicyclic) bond motifs is 1. The highest BCUT2D eigenvalue weighted by atomic mass is 16.1. The second kappa shape index (κ2) is 9.17. The summed E-state index contributed by atoms with van der Waals surface area (Å²) in [6.45, 7) is 6.01. The zero-order chi connectivity index (χ0) is 19.1. The molecule has 1 aliphatic heterocycles. The monoisotopic (exact) mass is 361 g/mol. The van der Waals surface area contributed by atoms with E-state index in [-0.39, 0.29) is 5.91 Å². The highest BCUT2D eigenvalue weighted by molar-refractivity contribution is 6.13. The van der Waals surface area contributed by atoms with Crippen LogP contribution in [0.1, 0.15) is 43.5 Å². The summed E-state index contributed by atoms with van der Waals surface area (Å²) in [6.07, 6.45) is 3.63. The highest BCUT2D eigenvalue weighted by Gasteiger charge is 2.18. The van der Waals surface area contributed by atoms with Crippen molar-refractivity contribution in [1.29, 1.82) is 0 Å². The summed E-state index contributed by atoms with van der Waals surface area (Å²) in [5.41, 5.74) is 2.34. The standard InChI is InChI=1S/C21H21N3O.C2H6/c25-21(22-16-9-3-1-4-10-16)18-15-20(24-13-7-2-8-14-24)23-19-12-6-5-11-17(18)19;1-2/h1,3-6,9-12,15H,2,7-8,13-14H2,(H,22,25);1-2H3. The third-order valence-electron chi connectivity index (χ3n) is 4.66. The predicted octanol–water partition coefficient (Wildman–Crippen LogP) is 5.50. The van der Waals surface area contributed by atoms with Gasteiger partial charge in [0.2, 0.25) is 0 Å². The van der Waals surface area contributed by atoms with Gasteiger partial charge in [0, 0.05) is 24.2 Å². The Hall–Kier alpha value is -2.88. The first-order chi connectivity index (χ1) is 13.3. The van der Waals surface area contributed by atoms with Crippen LogP contribution in [-0.2, 0) is 0 Å². The highest BCUT2D eigenvalue weighted by Crippen LogP contribution is 2.26. The molecule has 1 fully saturated rings. The quantitative estimate of drug-likeness (QED) is 0.669. The molecule has 27 heavy (non-hydrogen) atoms. The van der Waals surface area contributed by atoms with Crippen LogP contribution >= 0.6 is 0 Å². The molecular formula is C23H27N3O. The topological polar surface area (TPSA) is 45.2 Å². The average Bonchev–Trinajstić information content (AvgIpc) is 2.75. The Morgan fingerprint density at radius 2 is 1.59 bits per heavy atom. The third-order valence-corrected chi connectivity index (χ3v) is 4.66. The molecule has 140 valence electrons. The number of hydrogen-bond acceptors (Lipinski definition) is 3. The molecule has 4 nitrogen and oxygen atoms in total. The zero-order valence-corrected chi connectivity index (χ0v) is 16.1. The van der Waals surface area contributed by atoms with Crippen LogP contribution in [0.3, 0.4) is 0 Å². The minimum absolute atomic E-state index is 0.0944. The van der Waals surface area contributed by atoms with Crippen LogP contribution in [0.4, 0.5) is 11.5 Å². The summed E-state index contributed by atoms with van der Waals surface area (Å²) in [5, 5.41) is 3.88. The fourth-order valence-corrected chi connectivity index (χ4v) is 3.35. The number of benzene rings is 2. The minimum Gasteiger partial charge on any atom is -0.357 e. The van der Waals surface area contributed by atoms with Crippen molar-refractivity contribution in [3.63, 3.8) is 0 Å². The SMILES string of the molecule is CC.O=C(Nc1ccccc1)c1cc(N2CCCCC2)nc2ccccc12. The molecule has 4 heteroatoms.